The second kappa shape index (κ2) is 6.66. The molecule has 0 unspecified atom stereocenters. The van der Waals surface area contributed by atoms with Crippen LogP contribution in [-0.2, 0) is 0 Å². The van der Waals surface area contributed by atoms with Gasteiger partial charge in [-0.25, -0.2) is 4.68 Å². The molecule has 25 heavy (non-hydrogen) atoms. The third-order valence-electron chi connectivity index (χ3n) is 3.55. The fraction of sp³-hybridized carbons (Fsp3) is 0. The minimum Gasteiger partial charge on any atom is -0.359 e. The van der Waals surface area contributed by atoms with E-state index in [4.69, 9.17) is 11.6 Å². The zero-order chi connectivity index (χ0) is 18.0. The maximum Gasteiger partial charge on any atom is 0.280 e. The number of nitrogens with one attached hydrogen (secondary N) is 2. The molecule has 0 saturated carbocycles. The molecule has 0 amide bonds. The Morgan fingerprint density at radius 3 is 2.64 bits per heavy atom. The molecule has 126 valence electrons. The lowest BCUT2D eigenvalue weighted by Crippen LogP contribution is -2.34. The molecule has 0 atom stereocenters. The number of benzene rings is 2. The number of H-pyrrole nitrogens is 1. The molecule has 0 fully saturated rings. The van der Waals surface area contributed by atoms with Gasteiger partial charge in [-0.3, -0.25) is 20.0 Å². The van der Waals surface area contributed by atoms with Crippen molar-refractivity contribution in [3.05, 3.63) is 84.6 Å². The number of nitro benzene ring substituents is 1. The first-order chi connectivity index (χ1) is 12.0. The Bertz CT molecular complexity index is 1100. The summed E-state index contributed by atoms with van der Waals surface area (Å²) in [5.74, 6) is 0. The zero-order valence-corrected chi connectivity index (χ0v) is 13.7. The summed E-state index contributed by atoms with van der Waals surface area (Å²) in [4.78, 5) is 22.9. The molecule has 0 aliphatic carbocycles. The average molecular weight is 357 g/mol. The SMILES string of the molecule is C=c1[nH]n(-c2ccccc2)c(=O)/c1=C\Nc1cc([N+](=O)[O-])ccc1Cl. The fourth-order valence-electron chi connectivity index (χ4n) is 2.29. The Kier molecular flexibility index (Phi) is 4.40. The molecule has 3 aromatic rings. The van der Waals surface area contributed by atoms with Gasteiger partial charge in [0.2, 0.25) is 0 Å². The van der Waals surface area contributed by atoms with E-state index in [1.807, 2.05) is 18.2 Å². The first-order valence-corrected chi connectivity index (χ1v) is 7.61. The number of para-hydroxylation sites is 1. The summed E-state index contributed by atoms with van der Waals surface area (Å²) in [6.45, 7) is 3.82. The number of rotatable bonds is 4. The number of hydrogen-bond donors (Lipinski definition) is 2. The highest BCUT2D eigenvalue weighted by Gasteiger charge is 2.09. The van der Waals surface area contributed by atoms with Crippen molar-refractivity contribution in [2.24, 2.45) is 0 Å². The quantitative estimate of drug-likeness (QED) is 0.552. The topological polar surface area (TPSA) is 93.0 Å². The van der Waals surface area contributed by atoms with E-state index in [1.54, 1.807) is 12.1 Å². The predicted molar refractivity (Wildman–Crippen MR) is 97.4 cm³/mol. The van der Waals surface area contributed by atoms with Crippen molar-refractivity contribution >= 4 is 35.8 Å². The molecule has 1 aromatic heterocycles. The Balaban J connectivity index is 2.03. The van der Waals surface area contributed by atoms with Crippen LogP contribution in [0.4, 0.5) is 11.4 Å². The van der Waals surface area contributed by atoms with Gasteiger partial charge in [0, 0.05) is 18.3 Å². The average Bonchev–Trinajstić information content (AvgIpc) is 2.89. The summed E-state index contributed by atoms with van der Waals surface area (Å²) in [6.07, 6.45) is 1.42. The van der Waals surface area contributed by atoms with Crippen molar-refractivity contribution in [3.8, 4) is 5.69 Å². The number of halogens is 1. The summed E-state index contributed by atoms with van der Waals surface area (Å²) in [5.41, 5.74) is 0.587. The highest BCUT2D eigenvalue weighted by molar-refractivity contribution is 6.33. The second-order valence-corrected chi connectivity index (χ2v) is 5.60. The van der Waals surface area contributed by atoms with Gasteiger partial charge in [0.05, 0.1) is 31.9 Å². The molecule has 2 aromatic carbocycles. The summed E-state index contributed by atoms with van der Waals surface area (Å²) >= 11 is 6.04. The van der Waals surface area contributed by atoms with Gasteiger partial charge in [-0.05, 0) is 18.2 Å². The third kappa shape index (κ3) is 3.31. The summed E-state index contributed by atoms with van der Waals surface area (Å²) in [5, 5.41) is 17.6. The van der Waals surface area contributed by atoms with E-state index in [2.05, 4.69) is 17.0 Å². The number of aromatic nitrogens is 2. The van der Waals surface area contributed by atoms with Gasteiger partial charge in [-0.1, -0.05) is 36.4 Å². The van der Waals surface area contributed by atoms with E-state index in [-0.39, 0.29) is 11.2 Å². The number of non-ortho nitro benzene ring substituents is 1. The van der Waals surface area contributed by atoms with Crippen LogP contribution in [0.15, 0.2) is 53.3 Å². The molecule has 0 aliphatic heterocycles. The molecule has 0 spiro atoms. The van der Waals surface area contributed by atoms with Gasteiger partial charge < -0.3 is 5.32 Å². The van der Waals surface area contributed by atoms with Crippen molar-refractivity contribution in [3.63, 3.8) is 0 Å². The van der Waals surface area contributed by atoms with E-state index in [0.29, 0.717) is 27.0 Å². The smallest absolute Gasteiger partial charge is 0.280 e. The molecule has 2 N–H and O–H groups in total. The Labute approximate surface area is 146 Å². The van der Waals surface area contributed by atoms with Crippen molar-refractivity contribution in [1.82, 2.24) is 9.78 Å². The van der Waals surface area contributed by atoms with Crippen LogP contribution in [0.3, 0.4) is 0 Å². The zero-order valence-electron chi connectivity index (χ0n) is 12.9. The number of aromatic amines is 1. The van der Waals surface area contributed by atoms with E-state index >= 15 is 0 Å². The lowest BCUT2D eigenvalue weighted by Gasteiger charge is -2.02. The van der Waals surface area contributed by atoms with Gasteiger partial charge >= 0.3 is 0 Å². The van der Waals surface area contributed by atoms with Gasteiger partial charge in [0.1, 0.15) is 0 Å². The molecular weight excluding hydrogens is 344 g/mol. The fourth-order valence-corrected chi connectivity index (χ4v) is 2.46. The number of nitro groups is 1. The summed E-state index contributed by atoms with van der Waals surface area (Å²) < 4.78 is 1.37. The Morgan fingerprint density at radius 1 is 1.24 bits per heavy atom. The number of hydrogen-bond acceptors (Lipinski definition) is 4. The van der Waals surface area contributed by atoms with E-state index in [1.165, 1.54) is 29.1 Å². The standard InChI is InChI=1S/C17H13ClN4O3/c1-11-14(17(23)21(20-11)12-5-3-2-4-6-12)10-19-16-9-13(22(24)25)7-8-15(16)18/h2-10,19-20H,1H2/b14-10-. The maximum atomic E-state index is 12.6. The first-order valence-electron chi connectivity index (χ1n) is 7.23. The van der Waals surface area contributed by atoms with Crippen LogP contribution in [0, 0.1) is 10.1 Å². The molecule has 3 rings (SSSR count). The molecule has 0 bridgehead atoms. The Morgan fingerprint density at radius 2 is 1.96 bits per heavy atom. The van der Waals surface area contributed by atoms with Crippen LogP contribution < -0.4 is 21.4 Å². The van der Waals surface area contributed by atoms with Crippen LogP contribution in [0.1, 0.15) is 0 Å². The number of nitrogens with zero attached hydrogens (tertiary/aromatic N) is 2. The minimum atomic E-state index is -0.521. The van der Waals surface area contributed by atoms with E-state index < -0.39 is 4.92 Å². The number of anilines is 1. The van der Waals surface area contributed by atoms with E-state index in [9.17, 15) is 14.9 Å². The van der Waals surface area contributed by atoms with Gasteiger partial charge in [-0.2, -0.15) is 0 Å². The highest BCUT2D eigenvalue weighted by Crippen LogP contribution is 2.26. The van der Waals surface area contributed by atoms with Crippen molar-refractivity contribution in [2.75, 3.05) is 5.32 Å². The molecule has 7 nitrogen and oxygen atoms in total. The monoisotopic (exact) mass is 356 g/mol. The second-order valence-electron chi connectivity index (χ2n) is 5.19. The first kappa shape index (κ1) is 16.5. The van der Waals surface area contributed by atoms with Gasteiger partial charge in [0.25, 0.3) is 11.2 Å². The molecule has 8 heteroatoms. The lowest BCUT2D eigenvalue weighted by molar-refractivity contribution is -0.384. The largest absolute Gasteiger partial charge is 0.359 e. The van der Waals surface area contributed by atoms with Crippen molar-refractivity contribution < 1.29 is 4.92 Å². The molecule has 0 radical (unpaired) electrons. The summed E-state index contributed by atoms with van der Waals surface area (Å²) in [6, 6.07) is 13.1. The van der Waals surface area contributed by atoms with Crippen LogP contribution in [-0.4, -0.2) is 14.7 Å². The maximum absolute atomic E-state index is 12.6. The molecular formula is C17H13ClN4O3. The van der Waals surface area contributed by atoms with Crippen molar-refractivity contribution in [2.45, 2.75) is 0 Å². The lowest BCUT2D eigenvalue weighted by atomic mass is 10.3. The predicted octanol–water partition coefficient (Wildman–Crippen LogP) is 1.99. The molecule has 0 aliphatic rings. The third-order valence-corrected chi connectivity index (χ3v) is 3.88. The van der Waals surface area contributed by atoms with Crippen LogP contribution in [0.2, 0.25) is 5.02 Å². The molecule has 1 heterocycles. The Hall–Kier alpha value is -3.32. The van der Waals surface area contributed by atoms with Crippen LogP contribution in [0.25, 0.3) is 18.5 Å². The van der Waals surface area contributed by atoms with Gasteiger partial charge in [0.15, 0.2) is 0 Å². The normalized spacial score (nSPS) is 11.5. The van der Waals surface area contributed by atoms with E-state index in [0.717, 1.165) is 0 Å². The highest BCUT2D eigenvalue weighted by atomic mass is 35.5. The summed E-state index contributed by atoms with van der Waals surface area (Å²) in [7, 11) is 0. The molecule has 0 saturated heterocycles. The van der Waals surface area contributed by atoms with Crippen molar-refractivity contribution in [1.29, 1.82) is 0 Å². The van der Waals surface area contributed by atoms with Crippen LogP contribution >= 0.6 is 11.6 Å². The van der Waals surface area contributed by atoms with Gasteiger partial charge in [-0.15, -0.1) is 0 Å². The minimum absolute atomic E-state index is 0.106. The van der Waals surface area contributed by atoms with Crippen LogP contribution in [0.5, 0.6) is 0 Å².